The minimum atomic E-state index is -0.803. The van der Waals surface area contributed by atoms with E-state index in [0.29, 0.717) is 63.8 Å². The van der Waals surface area contributed by atoms with E-state index >= 15 is 0 Å². The maximum atomic E-state index is 14.6. The molecule has 8 bridgehead atoms. The highest BCUT2D eigenvalue weighted by Crippen LogP contribution is 2.67. The Labute approximate surface area is 333 Å². The summed E-state index contributed by atoms with van der Waals surface area (Å²) in [7, 11) is 0. The van der Waals surface area contributed by atoms with Crippen molar-refractivity contribution in [1.82, 2.24) is 0 Å². The van der Waals surface area contributed by atoms with Crippen LogP contribution >= 0.6 is 0 Å². The average molecular weight is 781 g/mol. The molecule has 2 heterocycles. The second-order valence-electron chi connectivity index (χ2n) is 22.1. The summed E-state index contributed by atoms with van der Waals surface area (Å²) >= 11 is 0. The summed E-state index contributed by atoms with van der Waals surface area (Å²) in [5.74, 6) is 0.443. The number of hydrogen-bond donors (Lipinski definition) is 0. The lowest BCUT2D eigenvalue weighted by Crippen LogP contribution is -2.59. The molecule has 0 radical (unpaired) electrons. The molecule has 0 aromatic rings. The third-order valence-corrected chi connectivity index (χ3v) is 17.6. The van der Waals surface area contributed by atoms with Gasteiger partial charge in [-0.25, -0.2) is 0 Å². The molecule has 0 N–H and O–H groups in total. The van der Waals surface area contributed by atoms with Gasteiger partial charge in [0.1, 0.15) is 11.2 Å². The largest absolute Gasteiger partial charge is 0.460 e. The summed E-state index contributed by atoms with van der Waals surface area (Å²) < 4.78 is 36.7. The average Bonchev–Trinajstić information content (AvgIpc) is 3.91. The Bertz CT molecular complexity index is 1530. The van der Waals surface area contributed by atoms with Crippen LogP contribution in [-0.4, -0.2) is 74.7 Å². The molecule has 0 spiro atoms. The molecule has 8 saturated carbocycles. The van der Waals surface area contributed by atoms with E-state index in [4.69, 9.17) is 28.4 Å². The second kappa shape index (κ2) is 14.3. The first kappa shape index (κ1) is 39.4. The zero-order chi connectivity index (χ0) is 39.5. The monoisotopic (exact) mass is 780 g/mol. The van der Waals surface area contributed by atoms with Gasteiger partial charge in [-0.1, -0.05) is 6.92 Å². The molecule has 0 amide bonds. The number of cyclic esters (lactones) is 2. The molecular formula is C46H68O10. The van der Waals surface area contributed by atoms with E-state index in [0.717, 1.165) is 56.8 Å². The van der Waals surface area contributed by atoms with Gasteiger partial charge < -0.3 is 28.4 Å². The summed E-state index contributed by atoms with van der Waals surface area (Å²) in [6, 6.07) is 0. The summed E-state index contributed by atoms with van der Waals surface area (Å²) in [4.78, 5) is 56.8. The molecule has 0 aromatic carbocycles. The van der Waals surface area contributed by atoms with Crippen molar-refractivity contribution in [3.05, 3.63) is 0 Å². The van der Waals surface area contributed by atoms with Gasteiger partial charge in [0.25, 0.3) is 0 Å². The lowest BCUT2D eigenvalue weighted by molar-refractivity contribution is -0.212. The summed E-state index contributed by atoms with van der Waals surface area (Å²) in [5.41, 5.74) is -1.84. The van der Waals surface area contributed by atoms with E-state index < -0.39 is 40.4 Å². The van der Waals surface area contributed by atoms with E-state index in [9.17, 15) is 19.2 Å². The van der Waals surface area contributed by atoms with Crippen LogP contribution < -0.4 is 0 Å². The van der Waals surface area contributed by atoms with Gasteiger partial charge >= 0.3 is 23.9 Å². The Kier molecular flexibility index (Phi) is 10.1. The molecule has 13 atom stereocenters. The van der Waals surface area contributed by atoms with Crippen molar-refractivity contribution in [2.45, 2.75) is 117 Å². The molecule has 312 valence electrons. The number of rotatable bonds is 7. The number of ether oxygens (including phenoxy) is 6. The van der Waals surface area contributed by atoms with Crippen molar-refractivity contribution in [3.8, 4) is 0 Å². The van der Waals surface area contributed by atoms with Gasteiger partial charge in [-0.05, 0) is 182 Å². The fraction of sp³-hybridized carbons (Fsp3) is 0.913. The van der Waals surface area contributed by atoms with Gasteiger partial charge in [0.15, 0.2) is 0 Å². The Balaban J connectivity index is 1.03. The Morgan fingerprint density at radius 1 is 0.696 bits per heavy atom. The van der Waals surface area contributed by atoms with Crippen LogP contribution in [0.4, 0.5) is 0 Å². The number of carbonyl (C=O) groups is 4. The summed E-state index contributed by atoms with van der Waals surface area (Å²) in [6.45, 7) is 17.4. The van der Waals surface area contributed by atoms with Crippen molar-refractivity contribution < 1.29 is 47.6 Å². The number of hydrogen-bond acceptors (Lipinski definition) is 10. The number of esters is 4. The standard InChI is InChI=1S/C46H68O10/c1-23-26-17-30(32(18-26)40(47)55-44(2,3)4)36(23)38-39(42(49)54-41(38)48)37-31-19-29(34-21-52-10-8-51-9-11-53-22-35(31)34)33(37)20-45(5,6)43(50)56-46(7)27-13-24-12-25(15-27)16-28(46)14-24/h23-39H,8-22H2,1-7H3. The number of carbonyl (C=O) groups excluding carboxylic acids is 4. The maximum Gasteiger partial charge on any atom is 0.317 e. The normalized spacial score (nSPS) is 48.4. The first-order valence-corrected chi connectivity index (χ1v) is 22.5. The van der Waals surface area contributed by atoms with Crippen molar-refractivity contribution in [2.75, 3.05) is 39.6 Å². The summed E-state index contributed by atoms with van der Waals surface area (Å²) in [5, 5.41) is 0. The minimum absolute atomic E-state index is 0.0124. The highest BCUT2D eigenvalue weighted by molar-refractivity contribution is 5.97. The van der Waals surface area contributed by atoms with Crippen molar-refractivity contribution in [3.63, 3.8) is 0 Å². The molecule has 10 fully saturated rings. The first-order valence-electron chi connectivity index (χ1n) is 22.5. The van der Waals surface area contributed by atoms with Crippen LogP contribution in [-0.2, 0) is 47.6 Å². The van der Waals surface area contributed by atoms with Gasteiger partial charge in [-0.3, -0.25) is 19.2 Å². The molecule has 8 aliphatic carbocycles. The lowest BCUT2D eigenvalue weighted by Gasteiger charge is -2.59. The quantitative estimate of drug-likeness (QED) is 0.153. The maximum absolute atomic E-state index is 14.6. The Morgan fingerprint density at radius 3 is 1.86 bits per heavy atom. The molecular weight excluding hydrogens is 712 g/mol. The molecule has 56 heavy (non-hydrogen) atoms. The van der Waals surface area contributed by atoms with Gasteiger partial charge in [0.05, 0.1) is 62.8 Å². The van der Waals surface area contributed by atoms with E-state index in [-0.39, 0.29) is 71.1 Å². The second-order valence-corrected chi connectivity index (χ2v) is 22.1. The van der Waals surface area contributed by atoms with E-state index in [1.54, 1.807) is 0 Å². The molecule has 10 rings (SSSR count). The minimum Gasteiger partial charge on any atom is -0.460 e. The topological polar surface area (TPSA) is 124 Å². The summed E-state index contributed by atoms with van der Waals surface area (Å²) in [6.07, 6.45) is 9.09. The molecule has 0 aromatic heterocycles. The van der Waals surface area contributed by atoms with E-state index in [2.05, 4.69) is 13.8 Å². The molecule has 2 saturated heterocycles. The SMILES string of the molecule is CC1C2CC(C(=O)OC(C)(C)C)C(C2)C1C1C(=O)OC(=O)C1C1C2CC(C3COCCOCCOCC32)C1CC(C)(C)C(=O)OC1(C)C2CC3CC(C2)CC1C3. The predicted molar refractivity (Wildman–Crippen MR) is 204 cm³/mol. The highest BCUT2D eigenvalue weighted by atomic mass is 16.6. The zero-order valence-corrected chi connectivity index (χ0v) is 35.0. The smallest absolute Gasteiger partial charge is 0.317 e. The zero-order valence-electron chi connectivity index (χ0n) is 35.0. The van der Waals surface area contributed by atoms with E-state index in [1.807, 2.05) is 34.6 Å². The van der Waals surface area contributed by atoms with Crippen LogP contribution in [0.25, 0.3) is 0 Å². The molecule has 2 aliphatic heterocycles. The van der Waals surface area contributed by atoms with Gasteiger partial charge in [0.2, 0.25) is 0 Å². The van der Waals surface area contributed by atoms with Crippen molar-refractivity contribution in [2.24, 2.45) is 106 Å². The third kappa shape index (κ3) is 6.60. The number of fused-ring (bicyclic) bond motifs is 7. The van der Waals surface area contributed by atoms with Crippen LogP contribution in [0.15, 0.2) is 0 Å². The fourth-order valence-electron chi connectivity index (χ4n) is 15.5. The third-order valence-electron chi connectivity index (χ3n) is 17.6. The van der Waals surface area contributed by atoms with Gasteiger partial charge in [-0.15, -0.1) is 0 Å². The first-order chi connectivity index (χ1) is 26.5. The highest BCUT2D eigenvalue weighted by Gasteiger charge is 2.69. The molecule has 10 nitrogen and oxygen atoms in total. The van der Waals surface area contributed by atoms with Gasteiger partial charge in [-0.2, -0.15) is 0 Å². The Hall–Kier alpha value is -2.04. The van der Waals surface area contributed by atoms with E-state index in [1.165, 1.54) is 6.42 Å². The van der Waals surface area contributed by atoms with Crippen LogP contribution in [0.5, 0.6) is 0 Å². The fourth-order valence-corrected chi connectivity index (χ4v) is 15.5. The molecule has 10 aliphatic rings. The lowest BCUT2D eigenvalue weighted by atomic mass is 9.50. The van der Waals surface area contributed by atoms with Crippen LogP contribution in [0, 0.1) is 106 Å². The molecule has 13 unspecified atom stereocenters. The van der Waals surface area contributed by atoms with Crippen molar-refractivity contribution >= 4 is 23.9 Å². The van der Waals surface area contributed by atoms with Crippen LogP contribution in [0.1, 0.15) is 106 Å². The van der Waals surface area contributed by atoms with Crippen molar-refractivity contribution in [1.29, 1.82) is 0 Å². The predicted octanol–water partition coefficient (Wildman–Crippen LogP) is 6.90. The Morgan fingerprint density at radius 2 is 1.27 bits per heavy atom. The van der Waals surface area contributed by atoms with Crippen LogP contribution in [0.2, 0.25) is 0 Å². The van der Waals surface area contributed by atoms with Gasteiger partial charge in [0, 0.05) is 0 Å². The van der Waals surface area contributed by atoms with Crippen LogP contribution in [0.3, 0.4) is 0 Å². The molecule has 10 heteroatoms.